The quantitative estimate of drug-likeness (QED) is 0.513. The van der Waals surface area contributed by atoms with Crippen molar-refractivity contribution >= 4 is 28.8 Å². The molecule has 2 aromatic heterocycles. The molecule has 21 heavy (non-hydrogen) atoms. The Labute approximate surface area is 120 Å². The summed E-state index contributed by atoms with van der Waals surface area (Å²) in [7, 11) is 0. The number of nitrogens with one attached hydrogen (secondary N) is 1. The van der Waals surface area contributed by atoms with Crippen LogP contribution in [0.4, 0.5) is 26.0 Å². The van der Waals surface area contributed by atoms with Crippen LogP contribution in [-0.4, -0.2) is 26.5 Å². The van der Waals surface area contributed by atoms with E-state index in [1.54, 1.807) is 0 Å². The van der Waals surface area contributed by atoms with Gasteiger partial charge in [-0.25, -0.2) is 9.97 Å². The zero-order chi connectivity index (χ0) is 15.4. The van der Waals surface area contributed by atoms with Crippen LogP contribution in [0.3, 0.4) is 0 Å². The molecule has 0 unspecified atom stereocenters. The number of nitro groups is 1. The predicted molar refractivity (Wildman–Crippen MR) is 67.8 cm³/mol. The number of anilines is 2. The smallest absolute Gasteiger partial charge is 0.388 e. The van der Waals surface area contributed by atoms with Crippen LogP contribution in [0.15, 0.2) is 24.5 Å². The lowest BCUT2D eigenvalue weighted by molar-refractivity contribution is -0.384. The van der Waals surface area contributed by atoms with E-state index in [1.165, 1.54) is 12.1 Å². The van der Waals surface area contributed by atoms with Crippen LogP contribution < -0.4 is 10.1 Å². The van der Waals surface area contributed by atoms with Crippen LogP contribution in [0.5, 0.6) is 5.88 Å². The second-order valence-electron chi connectivity index (χ2n) is 3.52. The van der Waals surface area contributed by atoms with Crippen LogP contribution in [0.1, 0.15) is 0 Å². The van der Waals surface area contributed by atoms with Gasteiger partial charge in [0, 0.05) is 6.07 Å². The number of aromatic nitrogens is 3. The fraction of sp³-hybridized carbons (Fsp3) is 0.100. The minimum atomic E-state index is -2.99. The molecule has 0 atom stereocenters. The number of rotatable bonds is 5. The highest BCUT2D eigenvalue weighted by Crippen LogP contribution is 2.26. The monoisotopic (exact) mass is 317 g/mol. The highest BCUT2D eigenvalue weighted by Gasteiger charge is 2.17. The molecule has 0 saturated carbocycles. The first-order valence-corrected chi connectivity index (χ1v) is 5.68. The summed E-state index contributed by atoms with van der Waals surface area (Å²) in [5.41, 5.74) is -0.123. The highest BCUT2D eigenvalue weighted by molar-refractivity contribution is 6.28. The Bertz CT molecular complexity index is 656. The van der Waals surface area contributed by atoms with Gasteiger partial charge in [0.25, 0.3) is 0 Å². The maximum atomic E-state index is 12.0. The lowest BCUT2D eigenvalue weighted by Gasteiger charge is -2.07. The average molecular weight is 318 g/mol. The zero-order valence-electron chi connectivity index (χ0n) is 10.0. The van der Waals surface area contributed by atoms with Gasteiger partial charge in [-0.15, -0.1) is 0 Å². The van der Waals surface area contributed by atoms with Gasteiger partial charge in [0.15, 0.2) is 0 Å². The first-order chi connectivity index (χ1) is 9.95. The van der Waals surface area contributed by atoms with Crippen molar-refractivity contribution in [3.05, 3.63) is 39.9 Å². The molecular formula is C10H6ClF2N5O3. The van der Waals surface area contributed by atoms with Gasteiger partial charge in [-0.05, 0) is 17.7 Å². The van der Waals surface area contributed by atoms with E-state index < -0.39 is 17.2 Å². The summed E-state index contributed by atoms with van der Waals surface area (Å²) >= 11 is 5.57. The van der Waals surface area contributed by atoms with E-state index in [-0.39, 0.29) is 22.7 Å². The van der Waals surface area contributed by atoms with E-state index in [1.807, 2.05) is 0 Å². The molecule has 11 heteroatoms. The number of pyridine rings is 1. The van der Waals surface area contributed by atoms with Gasteiger partial charge in [-0.1, -0.05) is 0 Å². The molecule has 0 aromatic carbocycles. The Morgan fingerprint density at radius 3 is 2.67 bits per heavy atom. The summed E-state index contributed by atoms with van der Waals surface area (Å²) < 4.78 is 28.0. The molecule has 0 radical (unpaired) electrons. The van der Waals surface area contributed by atoms with Crippen LogP contribution >= 0.6 is 11.6 Å². The van der Waals surface area contributed by atoms with Crippen molar-refractivity contribution in [3.8, 4) is 5.88 Å². The number of ether oxygens (including phenoxy) is 1. The van der Waals surface area contributed by atoms with E-state index in [0.717, 1.165) is 12.4 Å². The van der Waals surface area contributed by atoms with Gasteiger partial charge in [0.2, 0.25) is 17.0 Å². The molecule has 8 nitrogen and oxygen atoms in total. The number of alkyl halides is 2. The van der Waals surface area contributed by atoms with Gasteiger partial charge >= 0.3 is 12.3 Å². The van der Waals surface area contributed by atoms with Crippen molar-refractivity contribution in [3.63, 3.8) is 0 Å². The Balaban J connectivity index is 2.22. The van der Waals surface area contributed by atoms with Gasteiger partial charge in [-0.3, -0.25) is 10.1 Å². The SMILES string of the molecule is O=[N+]([O-])c1cnc(Cl)nc1Nc1ccc(OC(F)F)nc1. The molecule has 2 rings (SSSR count). The molecule has 0 spiro atoms. The van der Waals surface area contributed by atoms with Crippen molar-refractivity contribution in [1.82, 2.24) is 15.0 Å². The first kappa shape index (κ1) is 14.8. The largest absolute Gasteiger partial charge is 0.417 e. The second-order valence-corrected chi connectivity index (χ2v) is 3.86. The predicted octanol–water partition coefficient (Wildman–Crippen LogP) is 2.78. The van der Waals surface area contributed by atoms with E-state index in [2.05, 4.69) is 25.0 Å². The molecule has 0 saturated heterocycles. The van der Waals surface area contributed by atoms with Crippen LogP contribution in [-0.2, 0) is 0 Å². The maximum absolute atomic E-state index is 12.0. The summed E-state index contributed by atoms with van der Waals surface area (Å²) in [5, 5.41) is 13.2. The minimum Gasteiger partial charge on any atom is -0.417 e. The summed E-state index contributed by atoms with van der Waals surface area (Å²) in [6.45, 7) is -2.99. The molecule has 1 N–H and O–H groups in total. The van der Waals surface area contributed by atoms with Gasteiger partial charge in [-0.2, -0.15) is 13.8 Å². The molecule has 2 aromatic rings. The number of nitrogens with zero attached hydrogens (tertiary/aromatic N) is 4. The van der Waals surface area contributed by atoms with Crippen molar-refractivity contribution < 1.29 is 18.4 Å². The highest BCUT2D eigenvalue weighted by atomic mass is 35.5. The van der Waals surface area contributed by atoms with E-state index >= 15 is 0 Å². The van der Waals surface area contributed by atoms with Crippen molar-refractivity contribution in [2.24, 2.45) is 0 Å². The molecular weight excluding hydrogens is 312 g/mol. The van der Waals surface area contributed by atoms with Gasteiger partial charge in [0.1, 0.15) is 6.20 Å². The molecule has 0 fully saturated rings. The maximum Gasteiger partial charge on any atom is 0.388 e. The summed E-state index contributed by atoms with van der Waals surface area (Å²) in [6, 6.07) is 2.51. The standard InChI is InChI=1S/C10H6ClF2N5O3/c11-9-15-4-6(18(19)20)8(17-9)16-5-1-2-7(14-3-5)21-10(12)13/h1-4,10H,(H,15,16,17). The van der Waals surface area contributed by atoms with Gasteiger partial charge < -0.3 is 10.1 Å². The van der Waals surface area contributed by atoms with E-state index in [9.17, 15) is 18.9 Å². The molecule has 0 aliphatic heterocycles. The molecule has 0 amide bonds. The Morgan fingerprint density at radius 1 is 1.33 bits per heavy atom. The summed E-state index contributed by atoms with van der Waals surface area (Å²) in [6.07, 6.45) is 2.09. The fourth-order valence-corrected chi connectivity index (χ4v) is 1.46. The molecule has 0 aliphatic carbocycles. The van der Waals surface area contributed by atoms with Crippen LogP contribution in [0.2, 0.25) is 5.28 Å². The van der Waals surface area contributed by atoms with E-state index in [4.69, 9.17) is 11.6 Å². The average Bonchev–Trinajstić information content (AvgIpc) is 2.40. The normalized spacial score (nSPS) is 10.5. The van der Waals surface area contributed by atoms with Crippen molar-refractivity contribution in [1.29, 1.82) is 0 Å². The minimum absolute atomic E-state index is 0.149. The molecule has 110 valence electrons. The topological polar surface area (TPSA) is 103 Å². The number of halogens is 3. The van der Waals surface area contributed by atoms with Crippen LogP contribution in [0, 0.1) is 10.1 Å². The molecule has 0 bridgehead atoms. The van der Waals surface area contributed by atoms with Crippen molar-refractivity contribution in [2.75, 3.05) is 5.32 Å². The lowest BCUT2D eigenvalue weighted by Crippen LogP contribution is -2.04. The molecule has 2 heterocycles. The lowest BCUT2D eigenvalue weighted by atomic mass is 10.4. The van der Waals surface area contributed by atoms with Crippen LogP contribution in [0.25, 0.3) is 0 Å². The van der Waals surface area contributed by atoms with Crippen molar-refractivity contribution in [2.45, 2.75) is 6.61 Å². The zero-order valence-corrected chi connectivity index (χ0v) is 10.8. The Morgan fingerprint density at radius 2 is 2.10 bits per heavy atom. The number of hydrogen-bond donors (Lipinski definition) is 1. The van der Waals surface area contributed by atoms with Gasteiger partial charge in [0.05, 0.1) is 16.8 Å². The third-order valence-electron chi connectivity index (χ3n) is 2.15. The number of hydrogen-bond acceptors (Lipinski definition) is 7. The third kappa shape index (κ3) is 3.92. The first-order valence-electron chi connectivity index (χ1n) is 5.30. The third-order valence-corrected chi connectivity index (χ3v) is 2.33. The van der Waals surface area contributed by atoms with E-state index in [0.29, 0.717) is 0 Å². The summed E-state index contributed by atoms with van der Waals surface area (Å²) in [4.78, 5) is 20.9. The summed E-state index contributed by atoms with van der Waals surface area (Å²) in [5.74, 6) is -0.435. The fourth-order valence-electron chi connectivity index (χ4n) is 1.33. The second kappa shape index (κ2) is 6.22. The Hall–Kier alpha value is -2.62. The molecule has 0 aliphatic rings. The Kier molecular flexibility index (Phi) is 4.38.